The maximum atomic E-state index is 12.8. The second-order valence-electron chi connectivity index (χ2n) is 7.45. The Labute approximate surface area is 182 Å². The van der Waals surface area contributed by atoms with Gasteiger partial charge in [-0.15, -0.1) is 24.8 Å². The average molecular weight is 432 g/mol. The van der Waals surface area contributed by atoms with Crippen LogP contribution in [0.4, 0.5) is 0 Å². The molecule has 3 rings (SSSR count). The second kappa shape index (κ2) is 12.5. The lowest BCUT2D eigenvalue weighted by Crippen LogP contribution is -2.32. The van der Waals surface area contributed by atoms with Crippen LogP contribution in [-0.4, -0.2) is 68.1 Å². The van der Waals surface area contributed by atoms with Crippen molar-refractivity contribution in [2.75, 3.05) is 52.4 Å². The van der Waals surface area contributed by atoms with E-state index in [0.29, 0.717) is 6.61 Å². The number of halogens is 2. The molecule has 2 fully saturated rings. The van der Waals surface area contributed by atoms with Gasteiger partial charge in [-0.05, 0) is 75.1 Å². The molecule has 7 heteroatoms. The third-order valence-electron chi connectivity index (χ3n) is 5.98. The van der Waals surface area contributed by atoms with Crippen molar-refractivity contribution >= 4 is 30.7 Å². The molecule has 160 valence electrons. The summed E-state index contributed by atoms with van der Waals surface area (Å²) in [6, 6.07) is 7.66. The van der Waals surface area contributed by atoms with E-state index in [4.69, 9.17) is 4.74 Å². The molecule has 5 nitrogen and oxygen atoms in total. The van der Waals surface area contributed by atoms with Gasteiger partial charge in [-0.25, -0.2) is 0 Å². The molecule has 2 aliphatic heterocycles. The summed E-state index contributed by atoms with van der Waals surface area (Å²) in [5, 5.41) is 3.48. The van der Waals surface area contributed by atoms with E-state index in [0.717, 1.165) is 81.8 Å². The Balaban J connectivity index is 0.00000196. The Morgan fingerprint density at radius 2 is 1.64 bits per heavy atom. The highest BCUT2D eigenvalue weighted by atomic mass is 35.5. The Kier molecular flexibility index (Phi) is 11.2. The van der Waals surface area contributed by atoms with Crippen LogP contribution in [0.2, 0.25) is 0 Å². The highest BCUT2D eigenvalue weighted by Gasteiger charge is 2.31. The maximum Gasteiger partial charge on any atom is 0.253 e. The summed E-state index contributed by atoms with van der Waals surface area (Å²) in [6.07, 6.45) is 2.24. The van der Waals surface area contributed by atoms with Crippen molar-refractivity contribution in [3.8, 4) is 5.75 Å². The van der Waals surface area contributed by atoms with E-state index < -0.39 is 0 Å². The Bertz CT molecular complexity index is 568. The van der Waals surface area contributed by atoms with Crippen molar-refractivity contribution < 1.29 is 9.53 Å². The van der Waals surface area contributed by atoms with Gasteiger partial charge in [0.25, 0.3) is 5.91 Å². The highest BCUT2D eigenvalue weighted by molar-refractivity contribution is 5.94. The first-order valence-corrected chi connectivity index (χ1v) is 10.2. The molecular formula is C21H35Cl2N3O2. The summed E-state index contributed by atoms with van der Waals surface area (Å²) in [4.78, 5) is 17.2. The van der Waals surface area contributed by atoms with Gasteiger partial charge in [0.05, 0.1) is 0 Å². The summed E-state index contributed by atoms with van der Waals surface area (Å²) in [5.74, 6) is 2.49. The van der Waals surface area contributed by atoms with Gasteiger partial charge in [-0.2, -0.15) is 0 Å². The van der Waals surface area contributed by atoms with Gasteiger partial charge in [0.2, 0.25) is 0 Å². The predicted molar refractivity (Wildman–Crippen MR) is 119 cm³/mol. The lowest BCUT2D eigenvalue weighted by molar-refractivity contribution is 0.0758. The van der Waals surface area contributed by atoms with Crippen LogP contribution >= 0.6 is 24.8 Å². The molecule has 28 heavy (non-hydrogen) atoms. The molecule has 0 spiro atoms. The van der Waals surface area contributed by atoms with Gasteiger partial charge in [0.1, 0.15) is 12.4 Å². The van der Waals surface area contributed by atoms with E-state index in [2.05, 4.69) is 24.1 Å². The summed E-state index contributed by atoms with van der Waals surface area (Å²) in [7, 11) is 0. The zero-order valence-corrected chi connectivity index (χ0v) is 18.7. The number of rotatable bonds is 7. The molecule has 1 aromatic carbocycles. The van der Waals surface area contributed by atoms with Crippen LogP contribution in [0.3, 0.4) is 0 Å². The number of amides is 1. The molecule has 0 unspecified atom stereocenters. The van der Waals surface area contributed by atoms with Crippen LogP contribution in [0.1, 0.15) is 37.0 Å². The minimum atomic E-state index is 0. The third kappa shape index (κ3) is 6.51. The van der Waals surface area contributed by atoms with Gasteiger partial charge in [-0.3, -0.25) is 4.79 Å². The smallest absolute Gasteiger partial charge is 0.253 e. The van der Waals surface area contributed by atoms with Crippen molar-refractivity contribution in [2.24, 2.45) is 11.8 Å². The van der Waals surface area contributed by atoms with E-state index >= 15 is 0 Å². The van der Waals surface area contributed by atoms with Gasteiger partial charge in [0, 0.05) is 25.2 Å². The fourth-order valence-electron chi connectivity index (χ4n) is 4.13. The zero-order chi connectivity index (χ0) is 18.4. The summed E-state index contributed by atoms with van der Waals surface area (Å²) >= 11 is 0. The van der Waals surface area contributed by atoms with Crippen LogP contribution in [0.5, 0.6) is 5.75 Å². The maximum absolute atomic E-state index is 12.8. The van der Waals surface area contributed by atoms with Crippen LogP contribution in [0.15, 0.2) is 24.3 Å². The molecule has 1 N–H and O–H groups in total. The van der Waals surface area contributed by atoms with Crippen LogP contribution in [0.25, 0.3) is 0 Å². The van der Waals surface area contributed by atoms with Crippen LogP contribution in [-0.2, 0) is 0 Å². The normalized spacial score (nSPS) is 21.3. The standard InChI is InChI=1S/C21H33N3O2.2ClH/c1-3-23(4-2)13-14-26-20-7-5-17(6-8-20)21(25)24-11-9-18-15-22-16-19(18)10-12-24;;/h5-8,18-19,22H,3-4,9-16H2,1-2H3;2*1H/t18-,19+;;. The van der Waals surface area contributed by atoms with E-state index in [-0.39, 0.29) is 30.7 Å². The quantitative estimate of drug-likeness (QED) is 0.718. The molecule has 0 aromatic heterocycles. The van der Waals surface area contributed by atoms with E-state index in [1.165, 1.54) is 0 Å². The number of hydrogen-bond acceptors (Lipinski definition) is 4. The number of hydrogen-bond donors (Lipinski definition) is 1. The lowest BCUT2D eigenvalue weighted by atomic mass is 9.92. The fraction of sp³-hybridized carbons (Fsp3) is 0.667. The minimum absolute atomic E-state index is 0. The number of likely N-dealkylation sites (tertiary alicyclic amines) is 1. The Hall–Kier alpha value is -1.01. The van der Waals surface area contributed by atoms with Crippen LogP contribution < -0.4 is 10.1 Å². The number of nitrogens with one attached hydrogen (secondary N) is 1. The first-order chi connectivity index (χ1) is 12.7. The first-order valence-electron chi connectivity index (χ1n) is 10.2. The molecule has 2 heterocycles. The van der Waals surface area contributed by atoms with E-state index in [1.54, 1.807) is 0 Å². The van der Waals surface area contributed by atoms with Crippen molar-refractivity contribution in [3.63, 3.8) is 0 Å². The lowest BCUT2D eigenvalue weighted by Gasteiger charge is -2.21. The molecule has 0 radical (unpaired) electrons. The number of ether oxygens (including phenoxy) is 1. The number of fused-ring (bicyclic) bond motifs is 1. The van der Waals surface area contributed by atoms with Crippen molar-refractivity contribution in [1.29, 1.82) is 0 Å². The predicted octanol–water partition coefficient (Wildman–Crippen LogP) is 3.32. The number of carbonyl (C=O) groups is 1. The molecule has 0 bridgehead atoms. The molecule has 2 atom stereocenters. The Morgan fingerprint density at radius 1 is 1.07 bits per heavy atom. The zero-order valence-electron chi connectivity index (χ0n) is 17.1. The Morgan fingerprint density at radius 3 is 2.18 bits per heavy atom. The van der Waals surface area contributed by atoms with Crippen molar-refractivity contribution in [1.82, 2.24) is 15.1 Å². The molecule has 1 amide bonds. The van der Waals surface area contributed by atoms with E-state index in [9.17, 15) is 4.79 Å². The van der Waals surface area contributed by atoms with Crippen molar-refractivity contribution in [3.05, 3.63) is 29.8 Å². The second-order valence-corrected chi connectivity index (χ2v) is 7.45. The largest absolute Gasteiger partial charge is 0.492 e. The molecule has 2 aliphatic rings. The highest BCUT2D eigenvalue weighted by Crippen LogP contribution is 2.27. The number of benzene rings is 1. The van der Waals surface area contributed by atoms with Gasteiger partial charge in [-0.1, -0.05) is 13.8 Å². The molecular weight excluding hydrogens is 397 g/mol. The SMILES string of the molecule is CCN(CC)CCOc1ccc(C(=O)N2CC[C@@H]3CNC[C@@H]3CC2)cc1.Cl.Cl. The molecule has 2 saturated heterocycles. The topological polar surface area (TPSA) is 44.8 Å². The third-order valence-corrected chi connectivity index (χ3v) is 5.98. The molecule has 1 aromatic rings. The fourth-order valence-corrected chi connectivity index (χ4v) is 4.13. The number of nitrogens with zero attached hydrogens (tertiary/aromatic N) is 2. The first kappa shape index (κ1) is 25.0. The van der Waals surface area contributed by atoms with Crippen molar-refractivity contribution in [2.45, 2.75) is 26.7 Å². The number of carbonyl (C=O) groups excluding carboxylic acids is 1. The van der Waals surface area contributed by atoms with E-state index in [1.807, 2.05) is 29.2 Å². The average Bonchev–Trinajstić information content (AvgIpc) is 3.03. The summed E-state index contributed by atoms with van der Waals surface area (Å²) in [6.45, 7) is 12.0. The van der Waals surface area contributed by atoms with Gasteiger partial charge in [0.15, 0.2) is 0 Å². The summed E-state index contributed by atoms with van der Waals surface area (Å²) in [5.41, 5.74) is 0.770. The van der Waals surface area contributed by atoms with Crippen LogP contribution in [0, 0.1) is 11.8 Å². The summed E-state index contributed by atoms with van der Waals surface area (Å²) < 4.78 is 5.82. The monoisotopic (exact) mass is 431 g/mol. The van der Waals surface area contributed by atoms with Gasteiger partial charge < -0.3 is 19.9 Å². The minimum Gasteiger partial charge on any atom is -0.492 e. The molecule has 0 aliphatic carbocycles. The molecule has 0 saturated carbocycles. The van der Waals surface area contributed by atoms with Gasteiger partial charge >= 0.3 is 0 Å². The number of likely N-dealkylation sites (N-methyl/N-ethyl adjacent to an activating group) is 1.